The second-order valence-electron chi connectivity index (χ2n) is 4.79. The second-order valence-corrected chi connectivity index (χ2v) is 5.26. The van der Waals surface area contributed by atoms with Gasteiger partial charge in [-0.25, -0.2) is 0 Å². The Bertz CT molecular complexity index is 539. The summed E-state index contributed by atoms with van der Waals surface area (Å²) >= 11 is 6.10. The van der Waals surface area contributed by atoms with Crippen molar-refractivity contribution < 1.29 is 19.1 Å². The minimum atomic E-state index is -0.413. The highest BCUT2D eigenvalue weighted by Gasteiger charge is 2.16. The highest BCUT2D eigenvalue weighted by atomic mass is 35.5. The van der Waals surface area contributed by atoms with Crippen LogP contribution >= 0.6 is 11.6 Å². The van der Waals surface area contributed by atoms with Crippen LogP contribution in [0.2, 0.25) is 0 Å². The van der Waals surface area contributed by atoms with Crippen molar-refractivity contribution in [1.29, 1.82) is 0 Å². The summed E-state index contributed by atoms with van der Waals surface area (Å²) in [6.07, 6.45) is 3.51. The van der Waals surface area contributed by atoms with Gasteiger partial charge in [-0.2, -0.15) is 0 Å². The molecule has 22 heavy (non-hydrogen) atoms. The number of halogens is 1. The van der Waals surface area contributed by atoms with Gasteiger partial charge in [0.1, 0.15) is 0 Å². The number of ether oxygens (including phenoxy) is 2. The largest absolute Gasteiger partial charge is 0.423 e. The molecule has 0 aliphatic carbocycles. The van der Waals surface area contributed by atoms with Gasteiger partial charge in [-0.15, -0.1) is 18.2 Å². The van der Waals surface area contributed by atoms with E-state index in [-0.39, 0.29) is 23.4 Å². The average Bonchev–Trinajstić information content (AvgIpc) is 2.48. The Morgan fingerprint density at radius 3 is 2.18 bits per heavy atom. The molecule has 0 saturated carbocycles. The lowest BCUT2D eigenvalue weighted by atomic mass is 10.1. The molecular formula is C17H21ClO4. The molecule has 0 N–H and O–H groups in total. The van der Waals surface area contributed by atoms with Crippen LogP contribution in [-0.2, 0) is 9.59 Å². The first kappa shape index (κ1) is 18.2. The van der Waals surface area contributed by atoms with E-state index in [4.69, 9.17) is 21.1 Å². The van der Waals surface area contributed by atoms with Crippen LogP contribution in [0, 0.1) is 0 Å². The molecular weight excluding hydrogens is 304 g/mol. The average molecular weight is 325 g/mol. The van der Waals surface area contributed by atoms with Crippen molar-refractivity contribution in [2.45, 2.75) is 44.9 Å². The Balaban J connectivity index is 3.04. The first-order chi connectivity index (χ1) is 10.5. The predicted octanol–water partition coefficient (Wildman–Crippen LogP) is 4.56. The maximum atomic E-state index is 11.7. The molecule has 0 aliphatic heterocycles. The van der Waals surface area contributed by atoms with E-state index >= 15 is 0 Å². The molecule has 0 aliphatic rings. The third kappa shape index (κ3) is 5.53. The smallest absolute Gasteiger partial charge is 0.311 e. The third-order valence-corrected chi connectivity index (χ3v) is 3.28. The number of alkyl halides is 1. The van der Waals surface area contributed by atoms with E-state index in [1.165, 1.54) is 0 Å². The summed E-state index contributed by atoms with van der Waals surface area (Å²) in [7, 11) is 0. The van der Waals surface area contributed by atoms with Gasteiger partial charge in [-0.1, -0.05) is 26.0 Å². The quantitative estimate of drug-likeness (QED) is 0.304. The highest BCUT2D eigenvalue weighted by Crippen LogP contribution is 2.33. The van der Waals surface area contributed by atoms with E-state index < -0.39 is 5.38 Å². The molecule has 0 aromatic heterocycles. The summed E-state index contributed by atoms with van der Waals surface area (Å²) < 4.78 is 10.5. The van der Waals surface area contributed by atoms with Gasteiger partial charge >= 0.3 is 11.9 Å². The lowest BCUT2D eigenvalue weighted by Gasteiger charge is -2.13. The predicted molar refractivity (Wildman–Crippen MR) is 86.3 cm³/mol. The van der Waals surface area contributed by atoms with Gasteiger partial charge in [0.05, 0.1) is 5.38 Å². The maximum absolute atomic E-state index is 11.7. The van der Waals surface area contributed by atoms with E-state index in [0.717, 1.165) is 0 Å². The van der Waals surface area contributed by atoms with E-state index in [0.29, 0.717) is 31.2 Å². The summed E-state index contributed by atoms with van der Waals surface area (Å²) in [5, 5.41) is -0.413. The van der Waals surface area contributed by atoms with Crippen molar-refractivity contribution in [1.82, 2.24) is 0 Å². The molecule has 4 nitrogen and oxygen atoms in total. The minimum Gasteiger partial charge on any atom is -0.423 e. The first-order valence-corrected chi connectivity index (χ1v) is 7.77. The Hall–Kier alpha value is -1.81. The Morgan fingerprint density at radius 2 is 1.68 bits per heavy atom. The lowest BCUT2D eigenvalue weighted by molar-refractivity contribution is -0.137. The number of allylic oxidation sites excluding steroid dienone is 1. The van der Waals surface area contributed by atoms with Crippen LogP contribution in [0.15, 0.2) is 30.9 Å². The van der Waals surface area contributed by atoms with Crippen LogP contribution in [0.4, 0.5) is 0 Å². The molecule has 0 heterocycles. The van der Waals surface area contributed by atoms with Crippen molar-refractivity contribution in [3.8, 4) is 11.5 Å². The van der Waals surface area contributed by atoms with Gasteiger partial charge < -0.3 is 9.47 Å². The number of carbonyl (C=O) groups is 2. The zero-order chi connectivity index (χ0) is 16.5. The molecule has 0 amide bonds. The van der Waals surface area contributed by atoms with Gasteiger partial charge in [0.25, 0.3) is 0 Å². The normalized spacial score (nSPS) is 11.6. The van der Waals surface area contributed by atoms with Crippen molar-refractivity contribution >= 4 is 23.5 Å². The molecule has 1 rings (SSSR count). The fraction of sp³-hybridized carbons (Fsp3) is 0.412. The number of rotatable bonds is 8. The number of hydrogen-bond donors (Lipinski definition) is 0. The zero-order valence-electron chi connectivity index (χ0n) is 12.9. The topological polar surface area (TPSA) is 52.6 Å². The number of esters is 2. The van der Waals surface area contributed by atoms with E-state index in [1.54, 1.807) is 24.3 Å². The molecule has 120 valence electrons. The van der Waals surface area contributed by atoms with Gasteiger partial charge in [0, 0.05) is 12.8 Å². The molecule has 1 atom stereocenters. The van der Waals surface area contributed by atoms with Gasteiger partial charge in [0.15, 0.2) is 11.5 Å². The van der Waals surface area contributed by atoms with Crippen LogP contribution in [-0.4, -0.2) is 11.9 Å². The Kier molecular flexibility index (Phi) is 7.67. The molecule has 0 fully saturated rings. The van der Waals surface area contributed by atoms with Crippen LogP contribution in [0.25, 0.3) is 0 Å². The Morgan fingerprint density at radius 1 is 1.14 bits per heavy atom. The van der Waals surface area contributed by atoms with Crippen LogP contribution in [0.1, 0.15) is 50.5 Å². The van der Waals surface area contributed by atoms with Crippen molar-refractivity contribution in [3.63, 3.8) is 0 Å². The minimum absolute atomic E-state index is 0.202. The van der Waals surface area contributed by atoms with Crippen LogP contribution < -0.4 is 9.47 Å². The standard InChI is InChI=1S/C17H21ClO4/c1-4-7-16(19)21-14-10-9-12(13(18)6-3)11-15(14)22-17(20)8-5-2/h6,9-11,13H,3-5,7-8H2,1-2H3. The summed E-state index contributed by atoms with van der Waals surface area (Å²) in [4.78, 5) is 23.4. The van der Waals surface area contributed by atoms with Gasteiger partial charge in [0.2, 0.25) is 0 Å². The fourth-order valence-corrected chi connectivity index (χ4v) is 1.89. The highest BCUT2D eigenvalue weighted by molar-refractivity contribution is 6.21. The zero-order valence-corrected chi connectivity index (χ0v) is 13.7. The summed E-state index contributed by atoms with van der Waals surface area (Å²) in [6, 6.07) is 4.89. The molecule has 0 spiro atoms. The van der Waals surface area contributed by atoms with Crippen molar-refractivity contribution in [3.05, 3.63) is 36.4 Å². The summed E-state index contributed by atoms with van der Waals surface area (Å²) in [6.45, 7) is 7.39. The molecule has 5 heteroatoms. The molecule has 1 unspecified atom stereocenters. The third-order valence-electron chi connectivity index (χ3n) is 2.85. The molecule has 0 radical (unpaired) electrons. The van der Waals surface area contributed by atoms with E-state index in [2.05, 4.69) is 6.58 Å². The van der Waals surface area contributed by atoms with Gasteiger partial charge in [-0.3, -0.25) is 9.59 Å². The van der Waals surface area contributed by atoms with Crippen molar-refractivity contribution in [2.75, 3.05) is 0 Å². The van der Waals surface area contributed by atoms with Crippen LogP contribution in [0.3, 0.4) is 0 Å². The van der Waals surface area contributed by atoms with Crippen molar-refractivity contribution in [2.24, 2.45) is 0 Å². The fourth-order valence-electron chi connectivity index (χ4n) is 1.75. The SMILES string of the molecule is C=CC(Cl)c1ccc(OC(=O)CCC)c(OC(=O)CCC)c1. The molecule has 0 bridgehead atoms. The Labute approximate surface area is 136 Å². The first-order valence-electron chi connectivity index (χ1n) is 7.33. The second kappa shape index (κ2) is 9.26. The molecule has 0 saturated heterocycles. The summed E-state index contributed by atoms with van der Waals surface area (Å²) in [5.41, 5.74) is 0.714. The molecule has 1 aromatic rings. The van der Waals surface area contributed by atoms with Crippen LogP contribution in [0.5, 0.6) is 11.5 Å². The molecule has 1 aromatic carbocycles. The van der Waals surface area contributed by atoms with E-state index in [9.17, 15) is 9.59 Å². The van der Waals surface area contributed by atoms with E-state index in [1.807, 2.05) is 13.8 Å². The monoisotopic (exact) mass is 324 g/mol. The van der Waals surface area contributed by atoms with Gasteiger partial charge in [-0.05, 0) is 30.5 Å². The maximum Gasteiger partial charge on any atom is 0.311 e. The number of benzene rings is 1. The summed E-state index contributed by atoms with van der Waals surface area (Å²) in [5.74, 6) is -0.321. The number of hydrogen-bond acceptors (Lipinski definition) is 4. The lowest BCUT2D eigenvalue weighted by Crippen LogP contribution is -2.12. The number of carbonyl (C=O) groups excluding carboxylic acids is 2.